The molecule has 0 N–H and O–H groups in total. The number of hydrogen-bond donors (Lipinski definition) is 0. The highest BCUT2D eigenvalue weighted by Crippen LogP contribution is 2.34. The van der Waals surface area contributed by atoms with Crippen molar-refractivity contribution in [2.75, 3.05) is 26.3 Å². The maximum absolute atomic E-state index is 6.57. The van der Waals surface area contributed by atoms with Gasteiger partial charge in [0.25, 0.3) is 0 Å². The van der Waals surface area contributed by atoms with E-state index in [1.807, 2.05) is 18.2 Å². The fraction of sp³-hybridized carbons (Fsp3) is 0.208. The molecule has 30 heavy (non-hydrogen) atoms. The van der Waals surface area contributed by atoms with Crippen LogP contribution in [0, 0.1) is 0 Å². The van der Waals surface area contributed by atoms with Gasteiger partial charge in [-0.25, -0.2) is 4.98 Å². The molecule has 0 atom stereocenters. The normalized spacial score (nSPS) is 15.0. The van der Waals surface area contributed by atoms with Gasteiger partial charge in [0.05, 0.1) is 29.6 Å². The van der Waals surface area contributed by atoms with Crippen LogP contribution in [0.15, 0.2) is 66.9 Å². The Hall–Kier alpha value is -2.37. The molecule has 152 valence electrons. The van der Waals surface area contributed by atoms with Crippen molar-refractivity contribution in [1.82, 2.24) is 14.3 Å². The molecule has 0 amide bonds. The van der Waals surface area contributed by atoms with Crippen LogP contribution in [0.1, 0.15) is 5.69 Å². The molecule has 0 aliphatic carbocycles. The van der Waals surface area contributed by atoms with E-state index in [9.17, 15) is 0 Å². The lowest BCUT2D eigenvalue weighted by atomic mass is 10.1. The first-order valence-corrected chi connectivity index (χ1v) is 10.8. The van der Waals surface area contributed by atoms with Gasteiger partial charge < -0.3 is 9.14 Å². The molecule has 0 radical (unpaired) electrons. The molecule has 1 aliphatic rings. The number of nitrogens with zero attached hydrogens (tertiary/aromatic N) is 3. The monoisotopic (exact) mass is 437 g/mol. The molecule has 2 aromatic carbocycles. The summed E-state index contributed by atoms with van der Waals surface area (Å²) in [5.41, 5.74) is 6.14. The fourth-order valence-electron chi connectivity index (χ4n) is 3.91. The summed E-state index contributed by atoms with van der Waals surface area (Å²) in [6.07, 6.45) is 2.17. The number of fused-ring (bicyclic) bond motifs is 1. The molecule has 0 saturated carbocycles. The lowest BCUT2D eigenvalue weighted by molar-refractivity contribution is 0.0336. The minimum Gasteiger partial charge on any atom is -0.379 e. The fourth-order valence-corrected chi connectivity index (χ4v) is 4.41. The quantitative estimate of drug-likeness (QED) is 0.403. The summed E-state index contributed by atoms with van der Waals surface area (Å²) in [5, 5.41) is 1.23. The molecule has 3 heterocycles. The van der Waals surface area contributed by atoms with E-state index in [1.54, 1.807) is 6.07 Å². The Morgan fingerprint density at radius 2 is 1.70 bits per heavy atom. The second kappa shape index (κ2) is 8.40. The molecular formula is C24H21Cl2N3O. The van der Waals surface area contributed by atoms with Crippen molar-refractivity contribution in [3.63, 3.8) is 0 Å². The van der Waals surface area contributed by atoms with Crippen LogP contribution < -0.4 is 0 Å². The molecule has 0 spiro atoms. The Labute approximate surface area is 185 Å². The average Bonchev–Trinajstić information content (AvgIpc) is 3.12. The van der Waals surface area contributed by atoms with Gasteiger partial charge in [-0.05, 0) is 41.5 Å². The highest BCUT2D eigenvalue weighted by molar-refractivity contribution is 6.36. The molecule has 6 heteroatoms. The molecule has 0 unspecified atom stereocenters. The first-order chi connectivity index (χ1) is 14.7. The van der Waals surface area contributed by atoms with Crippen molar-refractivity contribution in [3.8, 4) is 22.4 Å². The van der Waals surface area contributed by atoms with Crippen molar-refractivity contribution in [1.29, 1.82) is 0 Å². The average molecular weight is 438 g/mol. The molecule has 0 bridgehead atoms. The van der Waals surface area contributed by atoms with Gasteiger partial charge in [0.2, 0.25) is 0 Å². The number of imidazole rings is 1. The van der Waals surface area contributed by atoms with Gasteiger partial charge in [-0.15, -0.1) is 0 Å². The number of ether oxygens (including phenoxy) is 1. The van der Waals surface area contributed by atoms with Gasteiger partial charge in [0.1, 0.15) is 5.65 Å². The first-order valence-electron chi connectivity index (χ1n) is 10.0. The Kier molecular flexibility index (Phi) is 5.48. The van der Waals surface area contributed by atoms with E-state index in [1.165, 1.54) is 5.56 Å². The number of rotatable bonds is 4. The van der Waals surface area contributed by atoms with Gasteiger partial charge in [0, 0.05) is 36.4 Å². The van der Waals surface area contributed by atoms with E-state index >= 15 is 0 Å². The summed E-state index contributed by atoms with van der Waals surface area (Å²) in [4.78, 5) is 7.35. The summed E-state index contributed by atoms with van der Waals surface area (Å²) in [5.74, 6) is 0. The van der Waals surface area contributed by atoms with E-state index in [4.69, 9.17) is 32.9 Å². The smallest absolute Gasteiger partial charge is 0.137 e. The number of morpholine rings is 1. The summed E-state index contributed by atoms with van der Waals surface area (Å²) < 4.78 is 7.72. The maximum atomic E-state index is 6.57. The zero-order chi connectivity index (χ0) is 20.5. The third kappa shape index (κ3) is 3.84. The van der Waals surface area contributed by atoms with E-state index in [-0.39, 0.29) is 0 Å². The minimum atomic E-state index is 0.609. The SMILES string of the molecule is Clc1ccc(-c2nc3ccc(-c4ccccc4)cn3c2CN2CCOCC2)c(Cl)c1. The summed E-state index contributed by atoms with van der Waals surface area (Å²) >= 11 is 12.7. The van der Waals surface area contributed by atoms with Crippen LogP contribution in [0.4, 0.5) is 0 Å². The molecular weight excluding hydrogens is 417 g/mol. The van der Waals surface area contributed by atoms with E-state index < -0.39 is 0 Å². The summed E-state index contributed by atoms with van der Waals surface area (Å²) in [7, 11) is 0. The number of benzene rings is 2. The molecule has 1 saturated heterocycles. The van der Waals surface area contributed by atoms with Gasteiger partial charge in [-0.3, -0.25) is 4.90 Å². The highest BCUT2D eigenvalue weighted by atomic mass is 35.5. The molecule has 1 aliphatic heterocycles. The first kappa shape index (κ1) is 19.6. The van der Waals surface area contributed by atoms with Crippen LogP contribution in [0.5, 0.6) is 0 Å². The van der Waals surface area contributed by atoms with Gasteiger partial charge in [-0.2, -0.15) is 0 Å². The number of pyridine rings is 1. The zero-order valence-corrected chi connectivity index (χ0v) is 17.9. The molecule has 5 rings (SSSR count). The zero-order valence-electron chi connectivity index (χ0n) is 16.4. The summed E-state index contributed by atoms with van der Waals surface area (Å²) in [6, 6.07) is 20.2. The van der Waals surface area contributed by atoms with Gasteiger partial charge in [0.15, 0.2) is 0 Å². The van der Waals surface area contributed by atoms with Crippen molar-refractivity contribution in [3.05, 3.63) is 82.6 Å². The topological polar surface area (TPSA) is 29.8 Å². The van der Waals surface area contributed by atoms with Crippen molar-refractivity contribution in [2.45, 2.75) is 6.54 Å². The van der Waals surface area contributed by atoms with E-state index in [0.717, 1.165) is 61.0 Å². The molecule has 2 aromatic heterocycles. The predicted molar refractivity (Wildman–Crippen MR) is 122 cm³/mol. The maximum Gasteiger partial charge on any atom is 0.137 e. The third-order valence-electron chi connectivity index (χ3n) is 5.49. The lowest BCUT2D eigenvalue weighted by Crippen LogP contribution is -2.36. The Morgan fingerprint density at radius 1 is 0.900 bits per heavy atom. The Morgan fingerprint density at radius 3 is 2.47 bits per heavy atom. The third-order valence-corrected chi connectivity index (χ3v) is 6.04. The lowest BCUT2D eigenvalue weighted by Gasteiger charge is -2.26. The van der Waals surface area contributed by atoms with Crippen LogP contribution in [0.3, 0.4) is 0 Å². The minimum absolute atomic E-state index is 0.609. The number of halogens is 2. The largest absolute Gasteiger partial charge is 0.379 e. The second-order valence-electron chi connectivity index (χ2n) is 7.43. The van der Waals surface area contributed by atoms with Crippen molar-refractivity contribution < 1.29 is 4.74 Å². The van der Waals surface area contributed by atoms with Crippen LogP contribution >= 0.6 is 23.2 Å². The van der Waals surface area contributed by atoms with Crippen LogP contribution in [0.2, 0.25) is 10.0 Å². The van der Waals surface area contributed by atoms with E-state index in [0.29, 0.717) is 10.0 Å². The number of hydrogen-bond acceptors (Lipinski definition) is 3. The molecule has 4 aromatic rings. The second-order valence-corrected chi connectivity index (χ2v) is 8.28. The van der Waals surface area contributed by atoms with E-state index in [2.05, 4.69) is 51.9 Å². The number of aromatic nitrogens is 2. The van der Waals surface area contributed by atoms with Crippen molar-refractivity contribution >= 4 is 28.8 Å². The van der Waals surface area contributed by atoms with Crippen LogP contribution in [-0.4, -0.2) is 40.6 Å². The Bertz CT molecular complexity index is 1180. The molecule has 1 fully saturated rings. The molecule has 4 nitrogen and oxygen atoms in total. The van der Waals surface area contributed by atoms with Crippen LogP contribution in [0.25, 0.3) is 28.0 Å². The van der Waals surface area contributed by atoms with Crippen molar-refractivity contribution in [2.24, 2.45) is 0 Å². The van der Waals surface area contributed by atoms with Crippen LogP contribution in [-0.2, 0) is 11.3 Å². The van der Waals surface area contributed by atoms with Gasteiger partial charge >= 0.3 is 0 Å². The standard InChI is InChI=1S/C24H21Cl2N3O/c25-19-7-8-20(21(26)14-19)24-22(16-28-10-12-30-13-11-28)29-15-18(6-9-23(29)27-24)17-4-2-1-3-5-17/h1-9,14-15H,10-13,16H2. The van der Waals surface area contributed by atoms with Gasteiger partial charge in [-0.1, -0.05) is 53.5 Å². The highest BCUT2D eigenvalue weighted by Gasteiger charge is 2.20. The predicted octanol–water partition coefficient (Wildman–Crippen LogP) is 5.81. The summed E-state index contributed by atoms with van der Waals surface area (Å²) in [6.45, 7) is 4.09. The Balaban J connectivity index is 1.67.